The highest BCUT2D eigenvalue weighted by Crippen LogP contribution is 2.30. The van der Waals surface area contributed by atoms with Crippen LogP contribution in [-0.2, 0) is 13.2 Å². The number of ether oxygens (including phenoxy) is 1. The summed E-state index contributed by atoms with van der Waals surface area (Å²) >= 11 is 4.88. The van der Waals surface area contributed by atoms with E-state index in [-0.39, 0.29) is 18.2 Å². The van der Waals surface area contributed by atoms with Gasteiger partial charge in [-0.25, -0.2) is 4.98 Å². The van der Waals surface area contributed by atoms with Gasteiger partial charge in [-0.3, -0.25) is 14.2 Å². The molecule has 0 aliphatic carbocycles. The van der Waals surface area contributed by atoms with Gasteiger partial charge in [0.25, 0.3) is 5.56 Å². The molecule has 1 aliphatic rings. The van der Waals surface area contributed by atoms with Crippen LogP contribution in [0.2, 0.25) is 0 Å². The van der Waals surface area contributed by atoms with Crippen molar-refractivity contribution in [1.82, 2.24) is 19.3 Å². The summed E-state index contributed by atoms with van der Waals surface area (Å²) in [5.41, 5.74) is 2.75. The van der Waals surface area contributed by atoms with Crippen LogP contribution in [0.4, 0.5) is 5.82 Å². The molecule has 182 valence electrons. The first-order valence-corrected chi connectivity index (χ1v) is 13.1. The highest BCUT2D eigenvalue weighted by atomic mass is 79.9. The van der Waals surface area contributed by atoms with Crippen molar-refractivity contribution in [2.75, 3.05) is 25.5 Å². The maximum absolute atomic E-state index is 12.6. The third-order valence-corrected chi connectivity index (χ3v) is 7.66. The molecule has 3 aromatic heterocycles. The Hall–Kier alpha value is -2.79. The van der Waals surface area contributed by atoms with Crippen molar-refractivity contribution in [2.45, 2.75) is 31.6 Å². The highest BCUT2D eigenvalue weighted by Gasteiger charge is 2.27. The lowest BCUT2D eigenvalue weighted by Gasteiger charge is -2.36. The Morgan fingerprint density at radius 1 is 1.23 bits per heavy atom. The van der Waals surface area contributed by atoms with Gasteiger partial charge in [0, 0.05) is 42.5 Å². The summed E-state index contributed by atoms with van der Waals surface area (Å²) in [7, 11) is 2.12. The largest absolute Gasteiger partial charge is 0.489 e. The van der Waals surface area contributed by atoms with Crippen LogP contribution in [0, 0.1) is 0 Å². The number of fused-ring (bicyclic) bond motifs is 1. The lowest BCUT2D eigenvalue weighted by Crippen LogP contribution is -2.43. The Kier molecular flexibility index (Phi) is 7.14. The molecule has 0 bridgehead atoms. The van der Waals surface area contributed by atoms with Crippen LogP contribution in [0.5, 0.6) is 5.75 Å². The third kappa shape index (κ3) is 5.40. The summed E-state index contributed by atoms with van der Waals surface area (Å²) in [6.45, 7) is 2.19. The zero-order valence-corrected chi connectivity index (χ0v) is 21.6. The standard InChI is InChI=1S/C25H26BrN5O3S/c1-30-12-18(10-20(13-30)28-23-22(26)24(33)31-8-9-35-25(31)29-23)17-3-6-21(7-4-17)34-15-16-2-5-19(14-32)27-11-16/h2-9,11,18,20,28,32H,10,12-15H2,1H3/t18-,20+/m0/s1. The molecule has 0 radical (unpaired) electrons. The number of nitrogens with one attached hydrogen (secondary N) is 1. The number of halogens is 1. The van der Waals surface area contributed by atoms with Crippen LogP contribution in [0.1, 0.15) is 29.2 Å². The normalized spacial score (nSPS) is 18.6. The van der Waals surface area contributed by atoms with Gasteiger partial charge < -0.3 is 20.1 Å². The molecule has 2 N–H and O–H groups in total. The summed E-state index contributed by atoms with van der Waals surface area (Å²) in [4.78, 5) is 24.4. The number of benzene rings is 1. The monoisotopic (exact) mass is 555 g/mol. The van der Waals surface area contributed by atoms with E-state index in [2.05, 4.69) is 55.3 Å². The number of thiazole rings is 1. The number of likely N-dealkylation sites (tertiary alicyclic amines) is 1. The summed E-state index contributed by atoms with van der Waals surface area (Å²) in [6, 6.07) is 12.1. The molecule has 10 heteroatoms. The van der Waals surface area contributed by atoms with E-state index in [1.54, 1.807) is 22.9 Å². The number of aromatic nitrogens is 3. The number of nitrogens with zero attached hydrogens (tertiary/aromatic N) is 4. The van der Waals surface area contributed by atoms with Crippen molar-refractivity contribution in [2.24, 2.45) is 0 Å². The summed E-state index contributed by atoms with van der Waals surface area (Å²) in [6.07, 6.45) is 4.40. The average molecular weight is 556 g/mol. The van der Waals surface area contributed by atoms with E-state index < -0.39 is 0 Å². The molecule has 0 amide bonds. The zero-order valence-electron chi connectivity index (χ0n) is 19.2. The highest BCUT2D eigenvalue weighted by molar-refractivity contribution is 9.10. The maximum Gasteiger partial charge on any atom is 0.275 e. The van der Waals surface area contributed by atoms with Crippen molar-refractivity contribution in [3.63, 3.8) is 0 Å². The van der Waals surface area contributed by atoms with E-state index in [0.29, 0.717) is 33.5 Å². The van der Waals surface area contributed by atoms with Crippen molar-refractivity contribution in [3.8, 4) is 5.75 Å². The van der Waals surface area contributed by atoms with Gasteiger partial charge in [0.15, 0.2) is 4.96 Å². The van der Waals surface area contributed by atoms with Gasteiger partial charge in [-0.2, -0.15) is 0 Å². The predicted octanol–water partition coefficient (Wildman–Crippen LogP) is 3.88. The fraction of sp³-hybridized carbons (Fsp3) is 0.320. The lowest BCUT2D eigenvalue weighted by atomic mass is 9.88. The van der Waals surface area contributed by atoms with Crippen LogP contribution < -0.4 is 15.6 Å². The van der Waals surface area contributed by atoms with Gasteiger partial charge >= 0.3 is 0 Å². The molecule has 5 rings (SSSR count). The van der Waals surface area contributed by atoms with Crippen LogP contribution >= 0.6 is 27.3 Å². The number of hydrogen-bond donors (Lipinski definition) is 2. The first-order chi connectivity index (χ1) is 17.0. The summed E-state index contributed by atoms with van der Waals surface area (Å²) in [5, 5.41) is 14.5. The first kappa shape index (κ1) is 23.9. The van der Waals surface area contributed by atoms with E-state index in [0.717, 1.165) is 30.8 Å². The van der Waals surface area contributed by atoms with Crippen LogP contribution in [0.15, 0.2) is 63.4 Å². The predicted molar refractivity (Wildman–Crippen MR) is 140 cm³/mol. The topological polar surface area (TPSA) is 92.0 Å². The van der Waals surface area contributed by atoms with Gasteiger partial charge in [-0.05, 0) is 59.1 Å². The summed E-state index contributed by atoms with van der Waals surface area (Å²) < 4.78 is 7.93. The molecule has 1 aromatic carbocycles. The van der Waals surface area contributed by atoms with Gasteiger partial charge in [0.2, 0.25) is 0 Å². The van der Waals surface area contributed by atoms with Crippen molar-refractivity contribution in [3.05, 3.63) is 85.8 Å². The maximum atomic E-state index is 12.6. The Morgan fingerprint density at radius 3 is 2.80 bits per heavy atom. The van der Waals surface area contributed by atoms with Gasteiger partial charge in [-0.1, -0.05) is 18.2 Å². The smallest absolute Gasteiger partial charge is 0.275 e. The Labute approximate surface area is 215 Å². The molecule has 35 heavy (non-hydrogen) atoms. The second kappa shape index (κ2) is 10.4. The minimum atomic E-state index is -0.102. The number of aliphatic hydroxyl groups is 1. The number of likely N-dealkylation sites (N-methyl/N-ethyl adjacent to an activating group) is 1. The number of rotatable bonds is 7. The van der Waals surface area contributed by atoms with Crippen molar-refractivity contribution < 1.29 is 9.84 Å². The number of anilines is 1. The fourth-order valence-electron chi connectivity index (χ4n) is 4.45. The third-order valence-electron chi connectivity index (χ3n) is 6.19. The summed E-state index contributed by atoms with van der Waals surface area (Å²) in [5.74, 6) is 1.75. The number of piperidine rings is 1. The van der Waals surface area contributed by atoms with E-state index in [9.17, 15) is 4.79 Å². The van der Waals surface area contributed by atoms with Gasteiger partial charge in [-0.15, -0.1) is 11.3 Å². The van der Waals surface area contributed by atoms with E-state index in [1.807, 2.05) is 23.6 Å². The molecule has 1 saturated heterocycles. The minimum Gasteiger partial charge on any atom is -0.489 e. The molecular weight excluding hydrogens is 530 g/mol. The average Bonchev–Trinajstić information content (AvgIpc) is 3.35. The second-order valence-electron chi connectivity index (χ2n) is 8.80. The van der Waals surface area contributed by atoms with E-state index in [4.69, 9.17) is 9.84 Å². The van der Waals surface area contributed by atoms with Gasteiger partial charge in [0.1, 0.15) is 22.6 Å². The van der Waals surface area contributed by atoms with E-state index in [1.165, 1.54) is 16.9 Å². The molecular formula is C25H26BrN5O3S. The Balaban J connectivity index is 1.24. The Morgan fingerprint density at radius 2 is 2.06 bits per heavy atom. The Bertz CT molecular complexity index is 1360. The fourth-order valence-corrected chi connectivity index (χ4v) is 5.55. The van der Waals surface area contributed by atoms with Crippen molar-refractivity contribution in [1.29, 1.82) is 0 Å². The van der Waals surface area contributed by atoms with Gasteiger partial charge in [0.05, 0.1) is 12.3 Å². The number of aliphatic hydroxyl groups excluding tert-OH is 1. The molecule has 4 aromatic rings. The second-order valence-corrected chi connectivity index (χ2v) is 10.5. The van der Waals surface area contributed by atoms with Crippen molar-refractivity contribution >= 4 is 38.0 Å². The molecule has 4 heterocycles. The minimum absolute atomic E-state index is 0.0638. The molecule has 2 atom stereocenters. The molecule has 8 nitrogen and oxygen atoms in total. The quantitative estimate of drug-likeness (QED) is 0.357. The number of hydrogen-bond acceptors (Lipinski definition) is 8. The molecule has 0 spiro atoms. The first-order valence-electron chi connectivity index (χ1n) is 11.4. The molecule has 0 saturated carbocycles. The SMILES string of the molecule is CN1C[C@H](Nc2nc3sccn3c(=O)c2Br)C[C@H](c2ccc(OCc3ccc(CO)nc3)cc2)C1. The van der Waals surface area contributed by atoms with Crippen LogP contribution in [0.3, 0.4) is 0 Å². The zero-order chi connectivity index (χ0) is 24.4. The molecule has 1 fully saturated rings. The van der Waals surface area contributed by atoms with E-state index >= 15 is 0 Å². The number of pyridine rings is 1. The molecule has 0 unspecified atom stereocenters. The molecule has 1 aliphatic heterocycles. The lowest BCUT2D eigenvalue weighted by molar-refractivity contribution is 0.235. The van der Waals surface area contributed by atoms with Crippen LogP contribution in [0.25, 0.3) is 4.96 Å². The van der Waals surface area contributed by atoms with Crippen LogP contribution in [-0.4, -0.2) is 50.6 Å².